The number of rotatable bonds is 12. The van der Waals surface area contributed by atoms with Gasteiger partial charge in [0, 0.05) is 45.7 Å². The molecule has 8 rings (SSSR count). The number of benzene rings is 2. The normalized spacial score (nSPS) is 17.8. The van der Waals surface area contributed by atoms with Crippen LogP contribution in [0.5, 0.6) is 11.8 Å². The molecule has 2 fully saturated rings. The van der Waals surface area contributed by atoms with E-state index >= 15 is 0 Å². The Bertz CT molecular complexity index is 3320. The number of nitrogens with zero attached hydrogens (tertiary/aromatic N) is 8. The smallest absolute Gasteiger partial charge is 0.481 e. The maximum Gasteiger partial charge on any atom is 0.641 e. The highest BCUT2D eigenvalue weighted by molar-refractivity contribution is 9.10. The zero-order chi connectivity index (χ0) is 62.2. The number of halogens is 1. The summed E-state index contributed by atoms with van der Waals surface area (Å²) in [5, 5.41) is 30.3. The summed E-state index contributed by atoms with van der Waals surface area (Å²) in [7, 11) is 1.58. The van der Waals surface area contributed by atoms with E-state index in [2.05, 4.69) is 73.8 Å². The van der Waals surface area contributed by atoms with Crippen molar-refractivity contribution in [2.45, 2.75) is 183 Å². The van der Waals surface area contributed by atoms with Crippen LogP contribution in [0.15, 0.2) is 103 Å². The van der Waals surface area contributed by atoms with Gasteiger partial charge in [-0.05, 0) is 148 Å². The van der Waals surface area contributed by atoms with Crippen LogP contribution in [0.3, 0.4) is 0 Å². The molecule has 2 aromatic carbocycles. The quantitative estimate of drug-likeness (QED) is 0.113. The van der Waals surface area contributed by atoms with E-state index in [0.717, 1.165) is 37.8 Å². The molecule has 0 amide bonds. The topological polar surface area (TPSA) is 210 Å². The van der Waals surface area contributed by atoms with Crippen molar-refractivity contribution in [2.75, 3.05) is 14.2 Å². The summed E-state index contributed by atoms with van der Waals surface area (Å²) in [5.74, 6) is 0.693. The first kappa shape index (κ1) is 66.0. The average Bonchev–Trinajstić information content (AvgIpc) is 2.49. The molecule has 2 atom stereocenters. The Morgan fingerprint density at radius 2 is 1.02 bits per heavy atom. The molecule has 4 aromatic heterocycles. The van der Waals surface area contributed by atoms with Gasteiger partial charge in [0.05, 0.1) is 82.1 Å². The molecule has 2 aliphatic heterocycles. The van der Waals surface area contributed by atoms with E-state index in [-0.39, 0.29) is 0 Å². The molecule has 6 heterocycles. The Kier molecular flexibility index (Phi) is 19.1. The lowest BCUT2D eigenvalue weighted by molar-refractivity contribution is -0.0479. The molecule has 2 unspecified atom stereocenters. The molecular formula is C64H83B2BrN8O8. The van der Waals surface area contributed by atoms with Crippen LogP contribution >= 0.6 is 15.9 Å². The van der Waals surface area contributed by atoms with Crippen LogP contribution in [-0.4, -0.2) is 86.1 Å². The number of aliphatic hydroxyl groups is 1. The van der Waals surface area contributed by atoms with Gasteiger partial charge in [-0.3, -0.25) is 9.97 Å². The predicted molar refractivity (Wildman–Crippen MR) is 328 cm³/mol. The molecule has 0 saturated carbocycles. The van der Waals surface area contributed by atoms with Gasteiger partial charge in [-0.25, -0.2) is 19.9 Å². The van der Waals surface area contributed by atoms with Crippen LogP contribution in [0.4, 0.5) is 0 Å². The van der Waals surface area contributed by atoms with Crippen LogP contribution in [0.2, 0.25) is 0 Å². The van der Waals surface area contributed by atoms with E-state index in [1.807, 2.05) is 178 Å². The van der Waals surface area contributed by atoms with Crippen molar-refractivity contribution >= 4 is 35.8 Å². The van der Waals surface area contributed by atoms with E-state index in [1.165, 1.54) is 25.3 Å². The van der Waals surface area contributed by atoms with Crippen molar-refractivity contribution in [1.82, 2.24) is 29.9 Å². The van der Waals surface area contributed by atoms with E-state index in [9.17, 15) is 10.4 Å². The lowest BCUT2D eigenvalue weighted by atomic mass is 9.69. The fraction of sp³-hybridized carbons (Fsp3) is 0.500. The van der Waals surface area contributed by atoms with Gasteiger partial charge in [0.1, 0.15) is 23.9 Å². The van der Waals surface area contributed by atoms with Crippen molar-refractivity contribution in [2.24, 2.45) is 10.8 Å². The van der Waals surface area contributed by atoms with Crippen LogP contribution in [0.25, 0.3) is 11.1 Å². The summed E-state index contributed by atoms with van der Waals surface area (Å²) in [6.45, 7) is 39.8. The van der Waals surface area contributed by atoms with Gasteiger partial charge in [-0.2, -0.15) is 10.5 Å². The Hall–Kier alpha value is -6.15. The number of aryl methyl sites for hydroxylation is 2. The lowest BCUT2D eigenvalue weighted by Crippen LogP contribution is -2.49. The summed E-state index contributed by atoms with van der Waals surface area (Å²) < 4.78 is 44.1. The standard InChI is InChI=1S/C27H41B2N3O6.C26H30N4O2.C11H12BrN/c1-22(2,3)27(19-16-30-17-32-21(19)33-12,38-29-36-25(8,9)26(10,11)37-29)20-14-13-18(15-31-20)28-34-23(4,5)24(6,7)35-28;1-17-12-19(25(5,6)15-27)9-10-20(17)18-8-11-22(29-13-18)26(31,24(2,3)4)21-14-28-16-30-23(21)32-7;1-8-6-9(4-5-10(8)12)11(2,3)7-13/h13-17H,1-12H3;8-14,16,31H,1-7H3;4-6H,1-3H3. The minimum absolute atomic E-state index is 0.315. The highest BCUT2D eigenvalue weighted by atomic mass is 79.9. The van der Waals surface area contributed by atoms with Crippen LogP contribution < -0.4 is 14.9 Å². The third-order valence-corrected chi connectivity index (χ3v) is 17.5. The second-order valence-corrected chi connectivity index (χ2v) is 27.3. The molecule has 19 heteroatoms. The second-order valence-electron chi connectivity index (χ2n) is 26.4. The third-order valence-electron chi connectivity index (χ3n) is 16.7. The zero-order valence-electron chi connectivity index (χ0n) is 52.7. The van der Waals surface area contributed by atoms with Gasteiger partial charge >= 0.3 is 14.4 Å². The van der Waals surface area contributed by atoms with Crippen molar-refractivity contribution in [3.8, 4) is 35.0 Å². The third kappa shape index (κ3) is 13.2. The SMILES string of the molecule is COc1ncncc1C(O)(c1ccc(-c2ccc(C(C)(C)C#N)cc2C)cn1)C(C)(C)C.COc1ncncc1C(OB1OC(C)(C)C(C)(C)O1)(c1ccc(B2OC(C)(C)C(C)(C)O2)cn1)C(C)(C)C.Cc1cc(C(C)(C)C#N)ccc1Br. The van der Waals surface area contributed by atoms with Crippen molar-refractivity contribution in [3.63, 3.8) is 0 Å². The van der Waals surface area contributed by atoms with Gasteiger partial charge in [0.15, 0.2) is 0 Å². The molecule has 0 radical (unpaired) electrons. The average molecular weight is 1190 g/mol. The number of methoxy groups -OCH3 is 2. The molecule has 0 spiro atoms. The molecule has 0 bridgehead atoms. The van der Waals surface area contributed by atoms with E-state index in [1.54, 1.807) is 31.9 Å². The Labute approximate surface area is 502 Å². The number of ether oxygens (including phenoxy) is 2. The molecular weight excluding hydrogens is 1110 g/mol. The largest absolute Gasteiger partial charge is 0.641 e. The highest BCUT2D eigenvalue weighted by Gasteiger charge is 2.60. The van der Waals surface area contributed by atoms with Crippen LogP contribution in [0, 0.1) is 47.3 Å². The summed E-state index contributed by atoms with van der Waals surface area (Å²) in [5.41, 5.74) is 2.31. The fourth-order valence-corrected chi connectivity index (χ4v) is 9.87. The predicted octanol–water partition coefficient (Wildman–Crippen LogP) is 12.6. The Morgan fingerprint density at radius 3 is 1.46 bits per heavy atom. The number of hydrogen-bond acceptors (Lipinski definition) is 16. The molecule has 2 saturated heterocycles. The van der Waals surface area contributed by atoms with Crippen molar-refractivity contribution in [1.29, 1.82) is 10.5 Å². The Morgan fingerprint density at radius 1 is 0.554 bits per heavy atom. The molecule has 1 N–H and O–H groups in total. The number of nitriles is 2. The van der Waals surface area contributed by atoms with Gasteiger partial charge in [0.25, 0.3) is 0 Å². The zero-order valence-corrected chi connectivity index (χ0v) is 54.2. The minimum Gasteiger partial charge on any atom is -0.481 e. The summed E-state index contributed by atoms with van der Waals surface area (Å²) in [4.78, 5) is 26.6. The minimum atomic E-state index is -1.46. The van der Waals surface area contributed by atoms with E-state index in [4.69, 9.17) is 43.0 Å². The number of hydrogen-bond donors (Lipinski definition) is 1. The summed E-state index contributed by atoms with van der Waals surface area (Å²) in [6.07, 6.45) is 9.64. The van der Waals surface area contributed by atoms with E-state index in [0.29, 0.717) is 34.3 Å². The van der Waals surface area contributed by atoms with Crippen molar-refractivity contribution in [3.05, 3.63) is 147 Å². The number of pyridine rings is 2. The number of aromatic nitrogens is 6. The van der Waals surface area contributed by atoms with Gasteiger partial charge in [0.2, 0.25) is 11.8 Å². The maximum absolute atomic E-state index is 11.9. The summed E-state index contributed by atoms with van der Waals surface area (Å²) in [6, 6.07) is 24.4. The van der Waals surface area contributed by atoms with Gasteiger partial charge in [-0.1, -0.05) is 99.9 Å². The van der Waals surface area contributed by atoms with Crippen LogP contribution in [0.1, 0.15) is 169 Å². The first-order valence-electron chi connectivity index (χ1n) is 27.7. The molecule has 83 heavy (non-hydrogen) atoms. The lowest BCUT2D eigenvalue weighted by Gasteiger charge is -2.45. The summed E-state index contributed by atoms with van der Waals surface area (Å²) >= 11 is 3.44. The first-order valence-corrected chi connectivity index (χ1v) is 28.5. The molecule has 6 aromatic rings. The second kappa shape index (κ2) is 24.1. The van der Waals surface area contributed by atoms with Crippen molar-refractivity contribution < 1.29 is 37.9 Å². The fourth-order valence-electron chi connectivity index (χ4n) is 9.62. The van der Waals surface area contributed by atoms with Crippen LogP contribution in [-0.2, 0) is 45.3 Å². The van der Waals surface area contributed by atoms with E-state index < -0.39 is 69.7 Å². The first-order chi connectivity index (χ1) is 38.3. The molecule has 16 nitrogen and oxygen atoms in total. The molecule has 2 aliphatic rings. The molecule has 440 valence electrons. The van der Waals surface area contributed by atoms with Gasteiger partial charge in [-0.15, -0.1) is 0 Å². The monoisotopic (exact) mass is 1190 g/mol. The van der Waals surface area contributed by atoms with Gasteiger partial charge < -0.3 is 37.9 Å². The Balaban J connectivity index is 0.000000222. The molecule has 0 aliphatic carbocycles. The maximum atomic E-state index is 11.9. The highest BCUT2D eigenvalue weighted by Crippen LogP contribution is 2.52.